The summed E-state index contributed by atoms with van der Waals surface area (Å²) in [5.41, 5.74) is 0.0172. The molecule has 1 saturated heterocycles. The van der Waals surface area contributed by atoms with Gasteiger partial charge in [0, 0.05) is 31.4 Å². The molecule has 15 heteroatoms. The smallest absolute Gasteiger partial charge is 0.289 e. The molecule has 1 aromatic heterocycles. The van der Waals surface area contributed by atoms with Gasteiger partial charge in [0.15, 0.2) is 0 Å². The number of hydrogen-bond donors (Lipinski definition) is 4. The molecule has 3 unspecified atom stereocenters. The highest BCUT2D eigenvalue weighted by atomic mass is 19.3. The molecule has 4 N–H and O–H groups in total. The third kappa shape index (κ3) is 8.40. The lowest BCUT2D eigenvalue weighted by molar-refractivity contribution is -0.145. The van der Waals surface area contributed by atoms with Crippen LogP contribution in [0.3, 0.4) is 0 Å². The van der Waals surface area contributed by atoms with Gasteiger partial charge in [0.1, 0.15) is 29.9 Å². The Balaban J connectivity index is 1.51. The first kappa shape index (κ1) is 34.8. The van der Waals surface area contributed by atoms with E-state index in [9.17, 15) is 37.5 Å². The minimum atomic E-state index is -2.97. The highest BCUT2D eigenvalue weighted by Crippen LogP contribution is 2.42. The Bertz CT molecular complexity index is 1310. The van der Waals surface area contributed by atoms with E-state index in [-0.39, 0.29) is 36.0 Å². The van der Waals surface area contributed by atoms with E-state index < -0.39 is 78.3 Å². The quantitative estimate of drug-likeness (QED) is 0.216. The lowest BCUT2D eigenvalue weighted by atomic mass is 9.92. The van der Waals surface area contributed by atoms with E-state index in [0.717, 1.165) is 12.8 Å². The van der Waals surface area contributed by atoms with Crippen molar-refractivity contribution >= 4 is 35.3 Å². The number of likely N-dealkylation sites (tertiary alicyclic amines) is 1. The molecule has 46 heavy (non-hydrogen) atoms. The number of alkyl halides is 2. The van der Waals surface area contributed by atoms with Crippen LogP contribution in [0, 0.1) is 23.7 Å². The molecular formula is C31H43F2N7O6. The van der Waals surface area contributed by atoms with Gasteiger partial charge in [-0.3, -0.25) is 33.8 Å². The van der Waals surface area contributed by atoms with Crippen LogP contribution in [0.2, 0.25) is 0 Å². The van der Waals surface area contributed by atoms with Crippen molar-refractivity contribution in [3.05, 3.63) is 24.3 Å². The first-order valence-corrected chi connectivity index (χ1v) is 15.9. The number of amides is 5. The molecule has 252 valence electrons. The van der Waals surface area contributed by atoms with E-state index in [2.05, 4.69) is 31.2 Å². The van der Waals surface area contributed by atoms with Gasteiger partial charge in [-0.2, -0.15) is 0 Å². The number of rotatable bonds is 14. The SMILES string of the molecule is CC(C)C(NC(=O)[C@H](NC(=O)c1cnccn1)C(C)C)C(=O)N1C[C@@H]2CCC[C@@H]2C1C(=O)NC(CC(F)F)C(=O)C(=O)NC1CC1. The number of aromatic nitrogens is 2. The molecule has 0 spiro atoms. The summed E-state index contributed by atoms with van der Waals surface area (Å²) in [6, 6.07) is -5.12. The number of nitrogens with one attached hydrogen (secondary N) is 4. The van der Waals surface area contributed by atoms with Crippen LogP contribution < -0.4 is 21.3 Å². The fourth-order valence-corrected chi connectivity index (χ4v) is 6.28. The van der Waals surface area contributed by atoms with Crippen molar-refractivity contribution in [2.75, 3.05) is 6.54 Å². The Morgan fingerprint density at radius 3 is 2.20 bits per heavy atom. The van der Waals surface area contributed by atoms with Gasteiger partial charge in [0.25, 0.3) is 11.8 Å². The molecule has 5 amide bonds. The third-order valence-corrected chi connectivity index (χ3v) is 8.89. The minimum Gasteiger partial charge on any atom is -0.347 e. The third-order valence-electron chi connectivity index (χ3n) is 8.89. The van der Waals surface area contributed by atoms with Crippen LogP contribution in [0.1, 0.15) is 76.7 Å². The summed E-state index contributed by atoms with van der Waals surface area (Å²) in [5.74, 6) is -5.82. The van der Waals surface area contributed by atoms with Gasteiger partial charge in [-0.15, -0.1) is 0 Å². The predicted octanol–water partition coefficient (Wildman–Crippen LogP) is 0.987. The molecular weight excluding hydrogens is 604 g/mol. The van der Waals surface area contributed by atoms with Crippen LogP contribution in [0.4, 0.5) is 8.78 Å². The van der Waals surface area contributed by atoms with Crippen LogP contribution in [0.15, 0.2) is 18.6 Å². The van der Waals surface area contributed by atoms with Gasteiger partial charge in [-0.05, 0) is 49.4 Å². The van der Waals surface area contributed by atoms with E-state index >= 15 is 0 Å². The van der Waals surface area contributed by atoms with E-state index in [4.69, 9.17) is 0 Å². The number of halogens is 2. The first-order valence-electron chi connectivity index (χ1n) is 15.9. The molecule has 1 aromatic rings. The molecule has 4 rings (SSSR count). The molecule has 0 aromatic carbocycles. The van der Waals surface area contributed by atoms with Gasteiger partial charge < -0.3 is 26.2 Å². The van der Waals surface area contributed by atoms with Crippen molar-refractivity contribution in [3.8, 4) is 0 Å². The maximum absolute atomic E-state index is 14.1. The van der Waals surface area contributed by atoms with Gasteiger partial charge in [0.2, 0.25) is 29.9 Å². The number of fused-ring (bicyclic) bond motifs is 1. The molecule has 1 aliphatic heterocycles. The van der Waals surface area contributed by atoms with E-state index in [1.165, 1.54) is 23.5 Å². The van der Waals surface area contributed by atoms with Crippen LogP contribution in [0.5, 0.6) is 0 Å². The van der Waals surface area contributed by atoms with Crippen LogP contribution in [-0.4, -0.2) is 93.4 Å². The number of carbonyl (C=O) groups is 6. The van der Waals surface area contributed by atoms with Crippen LogP contribution in [-0.2, 0) is 24.0 Å². The van der Waals surface area contributed by atoms with Crippen molar-refractivity contribution in [1.29, 1.82) is 0 Å². The molecule has 0 bridgehead atoms. The number of Topliss-reactive ketones (excluding diaryl/α,β-unsaturated/α-hetero) is 1. The topological polar surface area (TPSA) is 180 Å². The average molecular weight is 648 g/mol. The Morgan fingerprint density at radius 2 is 1.61 bits per heavy atom. The maximum Gasteiger partial charge on any atom is 0.289 e. The van der Waals surface area contributed by atoms with Crippen molar-refractivity contribution in [2.24, 2.45) is 23.7 Å². The number of carbonyl (C=O) groups excluding carboxylic acids is 6. The van der Waals surface area contributed by atoms with Gasteiger partial charge >= 0.3 is 0 Å². The summed E-state index contributed by atoms with van der Waals surface area (Å²) >= 11 is 0. The van der Waals surface area contributed by atoms with E-state index in [1.54, 1.807) is 27.7 Å². The second kappa shape index (κ2) is 15.0. The van der Waals surface area contributed by atoms with Crippen LogP contribution in [0.25, 0.3) is 0 Å². The second-order valence-corrected chi connectivity index (χ2v) is 13.1. The normalized spacial score (nSPS) is 22.6. The fourth-order valence-electron chi connectivity index (χ4n) is 6.28. The standard InChI is InChI=1S/C31H43F2N7O6/c1-15(2)23(38-27(42)21-13-34-10-11-35-21)28(43)39-24(16(3)4)31(46)40-14-17-6-5-7-19(17)25(40)29(44)37-20(12-22(32)33)26(41)30(45)36-18-8-9-18/h10-11,13,15-20,22-25H,5-9,12,14H2,1-4H3,(H,36,45)(H,37,44)(H,38,42)(H,39,43)/t17-,19-,20?,23+,24?,25?/m0/s1. The summed E-state index contributed by atoms with van der Waals surface area (Å²) in [6.07, 6.45) is 3.57. The minimum absolute atomic E-state index is 0.0172. The highest BCUT2D eigenvalue weighted by Gasteiger charge is 2.51. The number of ketones is 1. The van der Waals surface area contributed by atoms with Crippen molar-refractivity contribution < 1.29 is 37.5 Å². The lowest BCUT2D eigenvalue weighted by Crippen LogP contribution is -2.60. The molecule has 3 fully saturated rings. The average Bonchev–Trinajstić information content (AvgIpc) is 3.57. The lowest BCUT2D eigenvalue weighted by Gasteiger charge is -2.33. The molecule has 2 aliphatic carbocycles. The zero-order valence-electron chi connectivity index (χ0n) is 26.5. The first-order chi connectivity index (χ1) is 21.8. The molecule has 6 atom stereocenters. The summed E-state index contributed by atoms with van der Waals surface area (Å²) < 4.78 is 26.9. The number of nitrogens with zero attached hydrogens (tertiary/aromatic N) is 3. The van der Waals surface area contributed by atoms with Crippen molar-refractivity contribution in [3.63, 3.8) is 0 Å². The van der Waals surface area contributed by atoms with Gasteiger partial charge in [-0.25, -0.2) is 13.8 Å². The maximum atomic E-state index is 14.1. The Morgan fingerprint density at radius 1 is 0.913 bits per heavy atom. The molecule has 13 nitrogen and oxygen atoms in total. The molecule has 2 saturated carbocycles. The van der Waals surface area contributed by atoms with Crippen LogP contribution >= 0.6 is 0 Å². The Labute approximate surface area is 266 Å². The molecule has 2 heterocycles. The largest absolute Gasteiger partial charge is 0.347 e. The van der Waals surface area contributed by atoms with E-state index in [1.807, 2.05) is 0 Å². The van der Waals surface area contributed by atoms with Crippen molar-refractivity contribution in [2.45, 2.75) is 103 Å². The van der Waals surface area contributed by atoms with E-state index in [0.29, 0.717) is 19.3 Å². The van der Waals surface area contributed by atoms with Gasteiger partial charge in [-0.1, -0.05) is 34.1 Å². The summed E-state index contributed by atoms with van der Waals surface area (Å²) in [6.45, 7) is 7.14. The zero-order chi connectivity index (χ0) is 33.7. The monoisotopic (exact) mass is 647 g/mol. The Kier molecular flexibility index (Phi) is 11.4. The highest BCUT2D eigenvalue weighted by molar-refractivity contribution is 6.38. The number of hydrogen-bond acceptors (Lipinski definition) is 8. The van der Waals surface area contributed by atoms with Gasteiger partial charge in [0.05, 0.1) is 6.20 Å². The van der Waals surface area contributed by atoms with Crippen molar-refractivity contribution in [1.82, 2.24) is 36.1 Å². The fraction of sp³-hybridized carbons (Fsp3) is 0.677. The second-order valence-electron chi connectivity index (χ2n) is 13.1. The molecule has 3 aliphatic rings. The molecule has 0 radical (unpaired) electrons. The summed E-state index contributed by atoms with van der Waals surface area (Å²) in [5, 5.41) is 10.3. The predicted molar refractivity (Wildman–Crippen MR) is 160 cm³/mol. The Hall–Kier alpha value is -4.04. The zero-order valence-corrected chi connectivity index (χ0v) is 26.5. The summed E-state index contributed by atoms with van der Waals surface area (Å²) in [4.78, 5) is 88.5. The summed E-state index contributed by atoms with van der Waals surface area (Å²) in [7, 11) is 0.